The van der Waals surface area contributed by atoms with Gasteiger partial charge in [-0.05, 0) is 19.1 Å². The Balaban J connectivity index is 2.06. The van der Waals surface area contributed by atoms with Crippen LogP contribution in [-0.2, 0) is 11.3 Å². The van der Waals surface area contributed by atoms with Gasteiger partial charge < -0.3 is 10.1 Å². The van der Waals surface area contributed by atoms with Gasteiger partial charge in [0, 0.05) is 30.2 Å². The van der Waals surface area contributed by atoms with E-state index in [2.05, 4.69) is 50.5 Å². The summed E-state index contributed by atoms with van der Waals surface area (Å²) in [5.41, 5.74) is 2.31. The van der Waals surface area contributed by atoms with Crippen LogP contribution < -0.4 is 5.32 Å². The Morgan fingerprint density at radius 2 is 2.21 bits per heavy atom. The summed E-state index contributed by atoms with van der Waals surface area (Å²) in [5.74, 6) is 0. The molecule has 6 heteroatoms. The topological polar surface area (TPSA) is 47.0 Å². The molecule has 0 atom stereocenters. The molecule has 1 aromatic heterocycles. The third-order valence-corrected chi connectivity index (χ3v) is 4.23. The second kappa shape index (κ2) is 7.09. The van der Waals surface area contributed by atoms with E-state index in [4.69, 9.17) is 4.74 Å². The molecule has 0 saturated heterocycles. The van der Waals surface area contributed by atoms with Gasteiger partial charge in [0.25, 0.3) is 0 Å². The third-order valence-electron chi connectivity index (χ3n) is 2.58. The number of rotatable bonds is 6. The second-order valence-corrected chi connectivity index (χ2v) is 6.07. The lowest BCUT2D eigenvalue weighted by molar-refractivity contribution is 0.199. The molecule has 0 bridgehead atoms. The van der Waals surface area contributed by atoms with Gasteiger partial charge in [-0.25, -0.2) is 0 Å². The first-order valence-electron chi connectivity index (χ1n) is 5.99. The SMILES string of the molecule is COCCNCc1nnc(-c2cc(C)ccc2Br)s1. The van der Waals surface area contributed by atoms with Crippen molar-refractivity contribution in [2.75, 3.05) is 20.3 Å². The van der Waals surface area contributed by atoms with E-state index in [1.807, 2.05) is 6.07 Å². The van der Waals surface area contributed by atoms with E-state index >= 15 is 0 Å². The third kappa shape index (κ3) is 4.07. The minimum atomic E-state index is 0.703. The van der Waals surface area contributed by atoms with Crippen LogP contribution in [0.15, 0.2) is 22.7 Å². The van der Waals surface area contributed by atoms with Crippen molar-refractivity contribution in [2.45, 2.75) is 13.5 Å². The largest absolute Gasteiger partial charge is 0.383 e. The van der Waals surface area contributed by atoms with Crippen molar-refractivity contribution >= 4 is 27.3 Å². The predicted molar refractivity (Wildman–Crippen MR) is 81.4 cm³/mol. The molecule has 2 rings (SSSR count). The highest BCUT2D eigenvalue weighted by atomic mass is 79.9. The van der Waals surface area contributed by atoms with Crippen molar-refractivity contribution in [3.05, 3.63) is 33.2 Å². The molecule has 1 N–H and O–H groups in total. The molecule has 4 nitrogen and oxygen atoms in total. The van der Waals surface area contributed by atoms with Crippen LogP contribution in [0.4, 0.5) is 0 Å². The molecule has 0 aliphatic rings. The van der Waals surface area contributed by atoms with Crippen LogP contribution >= 0.6 is 27.3 Å². The number of nitrogens with zero attached hydrogens (tertiary/aromatic N) is 2. The molecule has 0 saturated carbocycles. The predicted octanol–water partition coefficient (Wildman–Crippen LogP) is 3.01. The molecule has 1 heterocycles. The van der Waals surface area contributed by atoms with Crippen LogP contribution in [0.1, 0.15) is 10.6 Å². The summed E-state index contributed by atoms with van der Waals surface area (Å²) < 4.78 is 6.03. The Labute approximate surface area is 125 Å². The summed E-state index contributed by atoms with van der Waals surface area (Å²) in [6.45, 7) is 4.32. The van der Waals surface area contributed by atoms with Gasteiger partial charge in [0.05, 0.1) is 6.61 Å². The Hall–Kier alpha value is -0.820. The monoisotopic (exact) mass is 341 g/mol. The Kier molecular flexibility index (Phi) is 5.45. The van der Waals surface area contributed by atoms with Gasteiger partial charge in [0.2, 0.25) is 0 Å². The molecule has 0 aliphatic heterocycles. The molecule has 1 aromatic carbocycles. The van der Waals surface area contributed by atoms with Crippen LogP contribution in [0.3, 0.4) is 0 Å². The normalized spacial score (nSPS) is 10.9. The molecule has 0 radical (unpaired) electrons. The maximum Gasteiger partial charge on any atom is 0.148 e. The van der Waals surface area contributed by atoms with Crippen LogP contribution in [0.5, 0.6) is 0 Å². The number of hydrogen-bond donors (Lipinski definition) is 1. The Morgan fingerprint density at radius 3 is 3.00 bits per heavy atom. The lowest BCUT2D eigenvalue weighted by Crippen LogP contribution is -2.18. The van der Waals surface area contributed by atoms with Crippen LogP contribution in [0.2, 0.25) is 0 Å². The molecule has 0 amide bonds. The highest BCUT2D eigenvalue weighted by Crippen LogP contribution is 2.31. The van der Waals surface area contributed by atoms with Gasteiger partial charge >= 0.3 is 0 Å². The van der Waals surface area contributed by atoms with Gasteiger partial charge in [-0.1, -0.05) is 38.9 Å². The van der Waals surface area contributed by atoms with Gasteiger partial charge in [-0.3, -0.25) is 0 Å². The fourth-order valence-electron chi connectivity index (χ4n) is 1.61. The molecular weight excluding hydrogens is 326 g/mol. The summed E-state index contributed by atoms with van der Waals surface area (Å²) in [7, 11) is 1.69. The molecule has 0 spiro atoms. The van der Waals surface area contributed by atoms with E-state index in [0.717, 1.165) is 33.1 Å². The minimum Gasteiger partial charge on any atom is -0.383 e. The van der Waals surface area contributed by atoms with Crippen LogP contribution in [0, 0.1) is 6.92 Å². The number of aromatic nitrogens is 2. The second-order valence-electron chi connectivity index (χ2n) is 4.15. The van der Waals surface area contributed by atoms with E-state index in [0.29, 0.717) is 6.61 Å². The zero-order chi connectivity index (χ0) is 13.7. The Bertz CT molecular complexity index is 544. The van der Waals surface area contributed by atoms with E-state index in [1.165, 1.54) is 5.56 Å². The number of ether oxygens (including phenoxy) is 1. The molecule has 19 heavy (non-hydrogen) atoms. The number of benzene rings is 1. The zero-order valence-electron chi connectivity index (χ0n) is 10.9. The standard InChI is InChI=1S/C13H16BrN3OS/c1-9-3-4-11(14)10(7-9)13-17-16-12(19-13)8-15-5-6-18-2/h3-4,7,15H,5-6,8H2,1-2H3. The fraction of sp³-hybridized carbons (Fsp3) is 0.385. The molecule has 102 valence electrons. The maximum atomic E-state index is 4.98. The van der Waals surface area contributed by atoms with Crippen molar-refractivity contribution in [1.82, 2.24) is 15.5 Å². The summed E-state index contributed by atoms with van der Waals surface area (Å²) in [4.78, 5) is 0. The first-order valence-corrected chi connectivity index (χ1v) is 7.60. The number of hydrogen-bond acceptors (Lipinski definition) is 5. The summed E-state index contributed by atoms with van der Waals surface area (Å²) in [5, 5.41) is 13.7. The van der Waals surface area contributed by atoms with Gasteiger partial charge in [-0.15, -0.1) is 10.2 Å². The van der Waals surface area contributed by atoms with E-state index in [9.17, 15) is 0 Å². The number of aryl methyl sites for hydroxylation is 1. The number of methoxy groups -OCH3 is 1. The van der Waals surface area contributed by atoms with Crippen LogP contribution in [0.25, 0.3) is 10.6 Å². The first kappa shape index (κ1) is 14.6. The smallest absolute Gasteiger partial charge is 0.148 e. The van der Waals surface area contributed by atoms with Crippen molar-refractivity contribution in [1.29, 1.82) is 0 Å². The maximum absolute atomic E-state index is 4.98. The zero-order valence-corrected chi connectivity index (χ0v) is 13.3. The van der Waals surface area contributed by atoms with Gasteiger partial charge in [-0.2, -0.15) is 0 Å². The highest BCUT2D eigenvalue weighted by Gasteiger charge is 2.09. The van der Waals surface area contributed by atoms with Gasteiger partial charge in [0.1, 0.15) is 10.0 Å². The van der Waals surface area contributed by atoms with Crippen LogP contribution in [-0.4, -0.2) is 30.5 Å². The average Bonchev–Trinajstić information content (AvgIpc) is 2.86. The number of nitrogens with one attached hydrogen (secondary N) is 1. The quantitative estimate of drug-likeness (QED) is 0.820. The average molecular weight is 342 g/mol. The van der Waals surface area contributed by atoms with E-state index < -0.39 is 0 Å². The first-order chi connectivity index (χ1) is 9.20. The lowest BCUT2D eigenvalue weighted by Gasteiger charge is -2.01. The summed E-state index contributed by atoms with van der Waals surface area (Å²) in [6, 6.07) is 6.23. The van der Waals surface area contributed by atoms with Gasteiger partial charge in [0.15, 0.2) is 0 Å². The lowest BCUT2D eigenvalue weighted by atomic mass is 10.1. The molecular formula is C13H16BrN3OS. The Morgan fingerprint density at radius 1 is 1.37 bits per heavy atom. The van der Waals surface area contributed by atoms with Crippen molar-refractivity contribution in [2.24, 2.45) is 0 Å². The summed E-state index contributed by atoms with van der Waals surface area (Å²) >= 11 is 5.17. The number of halogens is 1. The molecule has 0 aliphatic carbocycles. The fourth-order valence-corrected chi connectivity index (χ4v) is 3.01. The minimum absolute atomic E-state index is 0.703. The van der Waals surface area contributed by atoms with Crippen molar-refractivity contribution in [3.8, 4) is 10.6 Å². The van der Waals surface area contributed by atoms with E-state index in [-0.39, 0.29) is 0 Å². The van der Waals surface area contributed by atoms with Crippen molar-refractivity contribution < 1.29 is 4.74 Å². The van der Waals surface area contributed by atoms with E-state index in [1.54, 1.807) is 18.4 Å². The van der Waals surface area contributed by atoms with Crippen molar-refractivity contribution in [3.63, 3.8) is 0 Å². The molecule has 0 fully saturated rings. The molecule has 2 aromatic rings. The highest BCUT2D eigenvalue weighted by molar-refractivity contribution is 9.10. The molecule has 0 unspecified atom stereocenters. The summed E-state index contributed by atoms with van der Waals surface area (Å²) in [6.07, 6.45) is 0.